The van der Waals surface area contributed by atoms with Crippen molar-refractivity contribution in [2.45, 2.75) is 33.2 Å². The Labute approximate surface area is 174 Å². The van der Waals surface area contributed by atoms with Crippen molar-refractivity contribution in [3.8, 4) is 11.5 Å². The highest BCUT2D eigenvalue weighted by molar-refractivity contribution is 5.95. The monoisotopic (exact) mass is 401 g/mol. The number of aryl methyl sites for hydroxylation is 1. The fourth-order valence-corrected chi connectivity index (χ4v) is 3.85. The number of rotatable bonds is 5. The van der Waals surface area contributed by atoms with Crippen molar-refractivity contribution >= 4 is 23.1 Å². The lowest BCUT2D eigenvalue weighted by Gasteiger charge is -2.16. The third-order valence-corrected chi connectivity index (χ3v) is 5.64. The molecule has 152 valence electrons. The molecule has 1 aliphatic heterocycles. The topological polar surface area (TPSA) is 75.7 Å². The Morgan fingerprint density at radius 1 is 1.17 bits per heavy atom. The van der Waals surface area contributed by atoms with Gasteiger partial charge in [-0.25, -0.2) is 4.98 Å². The standard InChI is InChI=1S/C23H23N5O2/c1-15-16(2)25-21-13-19(20-5-4-12-30-20)26-28(21)23(15)24-14-17-7-9-18(10-8-17)27-11-3-6-22(27)29/h4-5,7-10,12-13,24H,3,6,11,14H2,1-2H3. The van der Waals surface area contributed by atoms with Gasteiger partial charge in [0.15, 0.2) is 11.4 Å². The Morgan fingerprint density at radius 3 is 2.70 bits per heavy atom. The summed E-state index contributed by atoms with van der Waals surface area (Å²) in [6.07, 6.45) is 3.22. The van der Waals surface area contributed by atoms with Gasteiger partial charge in [0, 0.05) is 42.5 Å². The highest BCUT2D eigenvalue weighted by Crippen LogP contribution is 2.26. The van der Waals surface area contributed by atoms with E-state index >= 15 is 0 Å². The maximum atomic E-state index is 11.9. The molecule has 3 aromatic heterocycles. The minimum absolute atomic E-state index is 0.206. The maximum Gasteiger partial charge on any atom is 0.227 e. The summed E-state index contributed by atoms with van der Waals surface area (Å²) in [6.45, 7) is 5.49. The molecule has 1 saturated heterocycles. The average Bonchev–Trinajstić information content (AvgIpc) is 3.49. The molecule has 0 radical (unpaired) electrons. The van der Waals surface area contributed by atoms with E-state index in [0.717, 1.165) is 52.6 Å². The van der Waals surface area contributed by atoms with Crippen LogP contribution in [0.15, 0.2) is 53.1 Å². The number of nitrogens with zero attached hydrogens (tertiary/aromatic N) is 4. The molecule has 30 heavy (non-hydrogen) atoms. The van der Waals surface area contributed by atoms with Gasteiger partial charge in [0.25, 0.3) is 0 Å². The van der Waals surface area contributed by atoms with Gasteiger partial charge < -0.3 is 14.6 Å². The smallest absolute Gasteiger partial charge is 0.227 e. The molecular formula is C23H23N5O2. The van der Waals surface area contributed by atoms with Crippen molar-refractivity contribution in [3.05, 3.63) is 65.5 Å². The summed E-state index contributed by atoms with van der Waals surface area (Å²) in [5.41, 5.74) is 5.63. The van der Waals surface area contributed by atoms with Crippen molar-refractivity contribution in [2.24, 2.45) is 0 Å². The molecule has 1 aliphatic rings. The van der Waals surface area contributed by atoms with Crippen molar-refractivity contribution in [1.29, 1.82) is 0 Å². The van der Waals surface area contributed by atoms with Crippen LogP contribution in [0.3, 0.4) is 0 Å². The normalized spacial score (nSPS) is 14.1. The van der Waals surface area contributed by atoms with E-state index in [2.05, 4.69) is 22.4 Å². The van der Waals surface area contributed by atoms with Crippen molar-refractivity contribution in [1.82, 2.24) is 14.6 Å². The van der Waals surface area contributed by atoms with Crippen LogP contribution in [-0.2, 0) is 11.3 Å². The first kappa shape index (κ1) is 18.4. The molecule has 1 amide bonds. The number of benzene rings is 1. The summed E-state index contributed by atoms with van der Waals surface area (Å²) >= 11 is 0. The summed E-state index contributed by atoms with van der Waals surface area (Å²) in [7, 11) is 0. The molecule has 0 spiro atoms. The Morgan fingerprint density at radius 2 is 2.00 bits per heavy atom. The van der Waals surface area contributed by atoms with Gasteiger partial charge >= 0.3 is 0 Å². The molecule has 1 aromatic carbocycles. The number of furan rings is 1. The third kappa shape index (κ3) is 3.22. The number of hydrogen-bond donors (Lipinski definition) is 1. The molecule has 0 unspecified atom stereocenters. The zero-order valence-electron chi connectivity index (χ0n) is 17.1. The predicted octanol–water partition coefficient (Wildman–Crippen LogP) is 4.35. The van der Waals surface area contributed by atoms with E-state index in [9.17, 15) is 4.79 Å². The first-order valence-electron chi connectivity index (χ1n) is 10.1. The second-order valence-corrected chi connectivity index (χ2v) is 7.62. The number of fused-ring (bicyclic) bond motifs is 1. The Kier molecular flexibility index (Phi) is 4.50. The zero-order chi connectivity index (χ0) is 20.7. The van der Waals surface area contributed by atoms with Crippen LogP contribution in [0.1, 0.15) is 29.7 Å². The molecule has 0 saturated carbocycles. The molecule has 7 nitrogen and oxygen atoms in total. The molecule has 1 fully saturated rings. The number of nitrogens with one attached hydrogen (secondary N) is 1. The molecule has 7 heteroatoms. The summed E-state index contributed by atoms with van der Waals surface area (Å²) < 4.78 is 7.32. The van der Waals surface area contributed by atoms with Gasteiger partial charge in [-0.05, 0) is 50.1 Å². The van der Waals surface area contributed by atoms with Gasteiger partial charge in [0.05, 0.1) is 6.26 Å². The van der Waals surface area contributed by atoms with E-state index in [0.29, 0.717) is 18.7 Å². The number of hydrogen-bond acceptors (Lipinski definition) is 5. The summed E-state index contributed by atoms with van der Waals surface area (Å²) in [5.74, 6) is 1.83. The second kappa shape index (κ2) is 7.33. The quantitative estimate of drug-likeness (QED) is 0.538. The highest BCUT2D eigenvalue weighted by Gasteiger charge is 2.21. The lowest BCUT2D eigenvalue weighted by atomic mass is 10.2. The van der Waals surface area contributed by atoms with Crippen LogP contribution in [-0.4, -0.2) is 27.0 Å². The van der Waals surface area contributed by atoms with Crippen molar-refractivity contribution < 1.29 is 9.21 Å². The first-order chi connectivity index (χ1) is 14.6. The summed E-state index contributed by atoms with van der Waals surface area (Å²) in [6, 6.07) is 13.8. The largest absolute Gasteiger partial charge is 0.463 e. The van der Waals surface area contributed by atoms with Crippen LogP contribution in [0.5, 0.6) is 0 Å². The Hall–Kier alpha value is -3.61. The SMILES string of the molecule is Cc1nc2cc(-c3ccco3)nn2c(NCc2ccc(N3CCCC3=O)cc2)c1C. The molecule has 0 atom stereocenters. The van der Waals surface area contributed by atoms with Gasteiger partial charge in [-0.15, -0.1) is 0 Å². The minimum atomic E-state index is 0.206. The minimum Gasteiger partial charge on any atom is -0.463 e. The van der Waals surface area contributed by atoms with E-state index in [1.165, 1.54) is 0 Å². The predicted molar refractivity (Wildman–Crippen MR) is 116 cm³/mol. The van der Waals surface area contributed by atoms with Crippen LogP contribution in [0.4, 0.5) is 11.5 Å². The fourth-order valence-electron chi connectivity index (χ4n) is 3.85. The van der Waals surface area contributed by atoms with Gasteiger partial charge in [0.1, 0.15) is 11.5 Å². The van der Waals surface area contributed by atoms with E-state index in [1.807, 2.05) is 53.6 Å². The average molecular weight is 401 g/mol. The molecule has 4 aromatic rings. The van der Waals surface area contributed by atoms with Crippen LogP contribution < -0.4 is 10.2 Å². The number of anilines is 2. The molecule has 5 rings (SSSR count). The zero-order valence-corrected chi connectivity index (χ0v) is 17.1. The van der Waals surface area contributed by atoms with Crippen LogP contribution >= 0.6 is 0 Å². The lowest BCUT2D eigenvalue weighted by Crippen LogP contribution is -2.23. The van der Waals surface area contributed by atoms with Crippen LogP contribution in [0.2, 0.25) is 0 Å². The molecular weight excluding hydrogens is 378 g/mol. The van der Waals surface area contributed by atoms with Gasteiger partial charge in [-0.1, -0.05) is 12.1 Å². The molecule has 4 heterocycles. The van der Waals surface area contributed by atoms with Gasteiger partial charge in [0.2, 0.25) is 5.91 Å². The van der Waals surface area contributed by atoms with Crippen LogP contribution in [0.25, 0.3) is 17.1 Å². The Bertz CT molecular complexity index is 1210. The van der Waals surface area contributed by atoms with E-state index in [-0.39, 0.29) is 5.91 Å². The van der Waals surface area contributed by atoms with Crippen molar-refractivity contribution in [3.63, 3.8) is 0 Å². The summed E-state index contributed by atoms with van der Waals surface area (Å²) in [4.78, 5) is 18.5. The highest BCUT2D eigenvalue weighted by atomic mass is 16.3. The third-order valence-electron chi connectivity index (χ3n) is 5.64. The number of carbonyl (C=O) groups is 1. The van der Waals surface area contributed by atoms with Gasteiger partial charge in [-0.3, -0.25) is 4.79 Å². The molecule has 0 aliphatic carbocycles. The lowest BCUT2D eigenvalue weighted by molar-refractivity contribution is -0.117. The van der Waals surface area contributed by atoms with Crippen molar-refractivity contribution in [2.75, 3.05) is 16.8 Å². The first-order valence-corrected chi connectivity index (χ1v) is 10.1. The van der Waals surface area contributed by atoms with Gasteiger partial charge in [-0.2, -0.15) is 9.61 Å². The molecule has 1 N–H and O–H groups in total. The summed E-state index contributed by atoms with van der Waals surface area (Å²) in [5, 5.41) is 8.22. The molecule has 0 bridgehead atoms. The number of aromatic nitrogens is 3. The fraction of sp³-hybridized carbons (Fsp3) is 0.261. The van der Waals surface area contributed by atoms with E-state index < -0.39 is 0 Å². The van der Waals surface area contributed by atoms with E-state index in [4.69, 9.17) is 9.52 Å². The van der Waals surface area contributed by atoms with E-state index in [1.54, 1.807) is 6.26 Å². The van der Waals surface area contributed by atoms with Crippen LogP contribution in [0, 0.1) is 13.8 Å². The number of carbonyl (C=O) groups excluding carboxylic acids is 1. The Balaban J connectivity index is 1.41. The number of amides is 1. The second-order valence-electron chi connectivity index (χ2n) is 7.62. The maximum absolute atomic E-state index is 11.9.